The molecule has 0 spiro atoms. The van der Waals surface area contributed by atoms with E-state index in [4.69, 9.17) is 10.8 Å². The molecule has 0 saturated carbocycles. The van der Waals surface area contributed by atoms with E-state index in [0.717, 1.165) is 44.9 Å². The van der Waals surface area contributed by atoms with Crippen LogP contribution in [0.4, 0.5) is 0 Å². The fourth-order valence-electron chi connectivity index (χ4n) is 9.22. The smallest absolute Gasteiger partial charge is 0.303 e. The van der Waals surface area contributed by atoms with Gasteiger partial charge in [0.05, 0.1) is 6.04 Å². The number of hydrogen-bond acceptors (Lipinski definition) is 8. The van der Waals surface area contributed by atoms with Crippen molar-refractivity contribution in [3.05, 3.63) is 0 Å². The van der Waals surface area contributed by atoms with Crippen LogP contribution in [0.5, 0.6) is 0 Å². The summed E-state index contributed by atoms with van der Waals surface area (Å²) in [5.41, 5.74) is 5.80. The summed E-state index contributed by atoms with van der Waals surface area (Å²) in [6.07, 6.45) is 31.0. The Balaban J connectivity index is 1.83. The minimum atomic E-state index is -1.05. The summed E-state index contributed by atoms with van der Waals surface area (Å²) in [5.74, 6) is -2.53. The molecular formula is C51H93N7O8. The van der Waals surface area contributed by atoms with Crippen LogP contribution >= 0.6 is 0 Å². The van der Waals surface area contributed by atoms with Gasteiger partial charge >= 0.3 is 5.97 Å². The van der Waals surface area contributed by atoms with Crippen LogP contribution in [0.1, 0.15) is 226 Å². The number of amides is 6. The molecule has 4 atom stereocenters. The average Bonchev–Trinajstić information content (AvgIpc) is 4.01. The molecule has 2 aliphatic heterocycles. The minimum absolute atomic E-state index is 0.0153. The van der Waals surface area contributed by atoms with E-state index in [9.17, 15) is 33.6 Å². The molecule has 380 valence electrons. The van der Waals surface area contributed by atoms with Crippen LogP contribution < -0.4 is 27.0 Å². The zero-order valence-electron chi connectivity index (χ0n) is 41.5. The first kappa shape index (κ1) is 58.4. The van der Waals surface area contributed by atoms with E-state index in [2.05, 4.69) is 35.1 Å². The molecule has 2 saturated heterocycles. The summed E-state index contributed by atoms with van der Waals surface area (Å²) >= 11 is 0. The molecule has 2 rings (SSSR count). The number of carboxylic acid groups (broad SMARTS) is 1. The highest BCUT2D eigenvalue weighted by Crippen LogP contribution is 2.22. The third-order valence-corrected chi connectivity index (χ3v) is 13.3. The van der Waals surface area contributed by atoms with Gasteiger partial charge in [0.25, 0.3) is 0 Å². The number of nitrogens with one attached hydrogen (secondary N) is 4. The average molecular weight is 932 g/mol. The van der Waals surface area contributed by atoms with Crippen molar-refractivity contribution >= 4 is 41.4 Å². The zero-order valence-corrected chi connectivity index (χ0v) is 41.5. The first-order valence-corrected chi connectivity index (χ1v) is 26.7. The highest BCUT2D eigenvalue weighted by Gasteiger charge is 2.36. The van der Waals surface area contributed by atoms with Gasteiger partial charge in [0.15, 0.2) is 0 Å². The monoisotopic (exact) mass is 932 g/mol. The Kier molecular flexibility index (Phi) is 33.0. The van der Waals surface area contributed by atoms with Gasteiger partial charge in [0, 0.05) is 52.0 Å². The maximum Gasteiger partial charge on any atom is 0.303 e. The molecule has 7 N–H and O–H groups in total. The van der Waals surface area contributed by atoms with Crippen LogP contribution in [0.2, 0.25) is 0 Å². The number of carbonyl (C=O) groups excluding carboxylic acids is 6. The van der Waals surface area contributed by atoms with Crippen molar-refractivity contribution in [1.29, 1.82) is 0 Å². The lowest BCUT2D eigenvalue weighted by molar-refractivity contribution is -0.139. The summed E-state index contributed by atoms with van der Waals surface area (Å²) in [7, 11) is 0. The van der Waals surface area contributed by atoms with Gasteiger partial charge in [-0.3, -0.25) is 33.6 Å². The second-order valence-electron chi connectivity index (χ2n) is 19.0. The van der Waals surface area contributed by atoms with E-state index in [1.807, 2.05) is 0 Å². The van der Waals surface area contributed by atoms with Crippen molar-refractivity contribution in [3.63, 3.8) is 0 Å². The van der Waals surface area contributed by atoms with E-state index in [0.29, 0.717) is 64.6 Å². The lowest BCUT2D eigenvalue weighted by Crippen LogP contribution is -2.53. The molecule has 2 aliphatic rings. The topological polar surface area (TPSA) is 220 Å². The van der Waals surface area contributed by atoms with E-state index < -0.39 is 42.0 Å². The lowest BCUT2D eigenvalue weighted by atomic mass is 10.0. The molecule has 66 heavy (non-hydrogen) atoms. The van der Waals surface area contributed by atoms with E-state index in [1.54, 1.807) is 9.80 Å². The second-order valence-corrected chi connectivity index (χ2v) is 19.0. The van der Waals surface area contributed by atoms with Gasteiger partial charge in [-0.15, -0.1) is 0 Å². The lowest BCUT2D eigenvalue weighted by Gasteiger charge is -2.27. The Labute approximate surface area is 398 Å². The molecule has 0 aliphatic carbocycles. The number of nitrogens with two attached hydrogens (primary N) is 1. The number of unbranched alkanes of at least 4 members (excludes halogenated alkanes) is 21. The number of likely N-dealkylation sites (tertiary alicyclic amines) is 2. The molecule has 2 fully saturated rings. The summed E-state index contributed by atoms with van der Waals surface area (Å²) in [6.45, 7) is 6.04. The van der Waals surface area contributed by atoms with Crippen LogP contribution in [0.25, 0.3) is 0 Å². The quantitative estimate of drug-likeness (QED) is 0.0333. The summed E-state index contributed by atoms with van der Waals surface area (Å²) in [5, 5.41) is 20.2. The van der Waals surface area contributed by atoms with Crippen LogP contribution in [-0.4, -0.2) is 113 Å². The molecule has 0 aromatic heterocycles. The molecule has 15 nitrogen and oxygen atoms in total. The van der Waals surface area contributed by atoms with Gasteiger partial charge in [-0.1, -0.05) is 142 Å². The van der Waals surface area contributed by atoms with E-state index in [-0.39, 0.29) is 56.0 Å². The molecule has 15 heteroatoms. The SMILES string of the molecule is CCCCCCCCCCCCCC(=O)N1CCCC1C(=O)NCCCCC(NC(=O)C1CCCN1C(=O)CCCCCCCCCCCCC)C(=O)NCCNC(=O)C(N)CCC(=O)O. The normalized spacial score (nSPS) is 16.8. The summed E-state index contributed by atoms with van der Waals surface area (Å²) in [4.78, 5) is 93.5. The van der Waals surface area contributed by atoms with Crippen LogP contribution in [0, 0.1) is 0 Å². The minimum Gasteiger partial charge on any atom is -0.481 e. The van der Waals surface area contributed by atoms with Crippen LogP contribution in [0.3, 0.4) is 0 Å². The van der Waals surface area contributed by atoms with Crippen LogP contribution in [-0.2, 0) is 33.6 Å². The van der Waals surface area contributed by atoms with Crippen molar-refractivity contribution in [3.8, 4) is 0 Å². The maximum absolute atomic E-state index is 13.7. The largest absolute Gasteiger partial charge is 0.481 e. The molecule has 4 unspecified atom stereocenters. The fraction of sp³-hybridized carbons (Fsp3) is 0.863. The Bertz CT molecular complexity index is 1400. The Morgan fingerprint density at radius 3 is 1.38 bits per heavy atom. The molecule has 2 heterocycles. The summed E-state index contributed by atoms with van der Waals surface area (Å²) < 4.78 is 0. The predicted molar refractivity (Wildman–Crippen MR) is 261 cm³/mol. The van der Waals surface area contributed by atoms with E-state index in [1.165, 1.54) is 103 Å². The van der Waals surface area contributed by atoms with Gasteiger partial charge in [-0.25, -0.2) is 0 Å². The van der Waals surface area contributed by atoms with Crippen molar-refractivity contribution < 1.29 is 38.7 Å². The molecule has 0 aromatic carbocycles. The highest BCUT2D eigenvalue weighted by atomic mass is 16.4. The number of hydrogen-bond donors (Lipinski definition) is 6. The number of carbonyl (C=O) groups is 7. The molecule has 6 amide bonds. The molecule has 0 aromatic rings. The molecule has 0 radical (unpaired) electrons. The Morgan fingerprint density at radius 1 is 0.500 bits per heavy atom. The molecular weight excluding hydrogens is 839 g/mol. The standard InChI is InChI=1S/C51H93N7O8/c1-3-5-7-9-11-13-15-17-19-21-23-32-45(59)57-39-27-30-43(57)50(65)53-36-26-25-29-42(49(64)55-38-37-54-48(63)41(52)34-35-47(61)62)56-51(66)44-31-28-40-58(44)46(60)33-24-22-20-18-16-14-12-10-8-6-4-2/h41-44H,3-40,52H2,1-2H3,(H,53,65)(H,54,63)(H,55,64)(H,56,66)(H,61,62). The zero-order chi connectivity index (χ0) is 48.2. The van der Waals surface area contributed by atoms with Crippen molar-refractivity contribution in [1.82, 2.24) is 31.1 Å². The third kappa shape index (κ3) is 26.0. The highest BCUT2D eigenvalue weighted by molar-refractivity contribution is 5.92. The van der Waals surface area contributed by atoms with Gasteiger partial charge in [-0.05, 0) is 64.2 Å². The van der Waals surface area contributed by atoms with Gasteiger partial charge in [0.1, 0.15) is 18.1 Å². The first-order chi connectivity index (χ1) is 32.0. The number of nitrogens with zero attached hydrogens (tertiary/aromatic N) is 2. The van der Waals surface area contributed by atoms with Gasteiger partial charge < -0.3 is 41.9 Å². The number of carboxylic acids is 1. The van der Waals surface area contributed by atoms with Gasteiger partial charge in [-0.2, -0.15) is 0 Å². The van der Waals surface area contributed by atoms with Crippen molar-refractivity contribution in [2.75, 3.05) is 32.7 Å². The van der Waals surface area contributed by atoms with Crippen molar-refractivity contribution in [2.45, 2.75) is 250 Å². The third-order valence-electron chi connectivity index (χ3n) is 13.3. The fourth-order valence-corrected chi connectivity index (χ4v) is 9.22. The van der Waals surface area contributed by atoms with Gasteiger partial charge in [0.2, 0.25) is 35.4 Å². The Morgan fingerprint density at radius 2 is 0.924 bits per heavy atom. The number of aliphatic carboxylic acids is 1. The Hall–Kier alpha value is -3.75. The second kappa shape index (κ2) is 37.3. The maximum atomic E-state index is 13.7. The van der Waals surface area contributed by atoms with Crippen LogP contribution in [0.15, 0.2) is 0 Å². The predicted octanol–water partition coefficient (Wildman–Crippen LogP) is 7.57. The first-order valence-electron chi connectivity index (χ1n) is 26.7. The van der Waals surface area contributed by atoms with E-state index >= 15 is 0 Å². The molecule has 0 bridgehead atoms. The summed E-state index contributed by atoms with van der Waals surface area (Å²) in [6, 6.07) is -3.03. The van der Waals surface area contributed by atoms with Crippen molar-refractivity contribution in [2.24, 2.45) is 5.73 Å². The number of rotatable bonds is 40.